The van der Waals surface area contributed by atoms with Crippen molar-refractivity contribution in [1.29, 1.82) is 0 Å². The van der Waals surface area contributed by atoms with E-state index in [-0.39, 0.29) is 70.6 Å². The number of methoxy groups -OCH3 is 2. The van der Waals surface area contributed by atoms with E-state index >= 15 is 0 Å². The minimum atomic E-state index is -5.17. The molecule has 0 fully saturated rings. The van der Waals surface area contributed by atoms with Gasteiger partial charge in [0, 0.05) is 0 Å². The first kappa shape index (κ1) is 28.2. The molecular formula is C16H13I2Na2O6P. The first-order chi connectivity index (χ1) is 11.7. The van der Waals surface area contributed by atoms with Crippen LogP contribution in [0.5, 0.6) is 17.2 Å². The molecule has 0 N–H and O–H groups in total. The van der Waals surface area contributed by atoms with Crippen molar-refractivity contribution in [3.05, 3.63) is 48.6 Å². The van der Waals surface area contributed by atoms with Gasteiger partial charge in [-0.2, -0.15) is 0 Å². The van der Waals surface area contributed by atoms with Gasteiger partial charge >= 0.3 is 59.1 Å². The molecule has 0 bridgehead atoms. The number of benzene rings is 2. The van der Waals surface area contributed by atoms with E-state index in [0.29, 0.717) is 5.56 Å². The number of hydrogen-bond donors (Lipinski definition) is 0. The first-order valence-electron chi connectivity index (χ1n) is 6.84. The van der Waals surface area contributed by atoms with Gasteiger partial charge < -0.3 is 28.3 Å². The zero-order chi connectivity index (χ0) is 18.6. The van der Waals surface area contributed by atoms with E-state index in [0.717, 1.165) is 18.5 Å². The SMILES string of the molecule is COc1ccc(/C=C\c2cc(I)c(OC)c(I)c2)cc1OP(=O)([O-])[O-].[Na+].[Na+]. The summed E-state index contributed by atoms with van der Waals surface area (Å²) in [6.07, 6.45) is 3.64. The molecule has 0 heterocycles. The minimum absolute atomic E-state index is 0. The van der Waals surface area contributed by atoms with E-state index in [1.54, 1.807) is 19.3 Å². The summed E-state index contributed by atoms with van der Waals surface area (Å²) >= 11 is 4.39. The van der Waals surface area contributed by atoms with Crippen LogP contribution in [0.15, 0.2) is 30.3 Å². The fourth-order valence-corrected chi connectivity index (χ4v) is 4.69. The summed E-state index contributed by atoms with van der Waals surface area (Å²) in [6, 6.07) is 8.61. The molecule has 0 amide bonds. The predicted molar refractivity (Wildman–Crippen MR) is 109 cm³/mol. The fraction of sp³-hybridized carbons (Fsp3) is 0.125. The van der Waals surface area contributed by atoms with Crippen LogP contribution < -0.4 is 82.9 Å². The van der Waals surface area contributed by atoms with Gasteiger partial charge in [0.15, 0.2) is 11.5 Å². The third-order valence-corrected chi connectivity index (χ3v) is 5.11. The molecule has 6 nitrogen and oxygen atoms in total. The topological polar surface area (TPSA) is 90.9 Å². The number of hydrogen-bond acceptors (Lipinski definition) is 6. The van der Waals surface area contributed by atoms with Gasteiger partial charge in [0.25, 0.3) is 0 Å². The number of halogens is 2. The second-order valence-electron chi connectivity index (χ2n) is 4.80. The molecule has 11 heteroatoms. The van der Waals surface area contributed by atoms with E-state index in [1.807, 2.05) is 18.2 Å². The Hall–Kier alpha value is 1.19. The van der Waals surface area contributed by atoms with Gasteiger partial charge in [-0.15, -0.1) is 0 Å². The van der Waals surface area contributed by atoms with E-state index in [2.05, 4.69) is 49.7 Å². The molecule has 0 aliphatic carbocycles. The molecular weight excluding hydrogens is 619 g/mol. The molecule has 0 saturated heterocycles. The number of phosphoric ester groups is 1. The fourth-order valence-electron chi connectivity index (χ4n) is 2.05. The maximum atomic E-state index is 10.9. The van der Waals surface area contributed by atoms with Crippen LogP contribution in [0, 0.1) is 7.14 Å². The Morgan fingerprint density at radius 3 is 1.93 bits per heavy atom. The van der Waals surface area contributed by atoms with Gasteiger partial charge in [-0.05, 0) is 80.6 Å². The molecule has 2 aromatic carbocycles. The molecule has 0 aliphatic rings. The summed E-state index contributed by atoms with van der Waals surface area (Å²) in [7, 11) is -2.18. The molecule has 0 spiro atoms. The Kier molecular flexibility index (Phi) is 13.4. The Labute approximate surface area is 229 Å². The van der Waals surface area contributed by atoms with Crippen molar-refractivity contribution in [1.82, 2.24) is 0 Å². The molecule has 0 unspecified atom stereocenters. The third-order valence-electron chi connectivity index (χ3n) is 3.09. The van der Waals surface area contributed by atoms with Crippen LogP contribution in [-0.2, 0) is 4.57 Å². The van der Waals surface area contributed by atoms with Gasteiger partial charge in [-0.1, -0.05) is 18.2 Å². The van der Waals surface area contributed by atoms with Gasteiger partial charge in [-0.25, -0.2) is 0 Å². The third kappa shape index (κ3) is 8.84. The standard InChI is InChI=1S/C16H15I2O6P.2Na/c1-22-14-6-5-10(9-15(14)24-25(19,20)21)3-4-11-7-12(17)16(23-2)13(18)8-11;;/h3-9H,1-2H3,(H2,19,20,21);;/q;2*+1/p-2/b4-3-;;. The van der Waals surface area contributed by atoms with Crippen molar-refractivity contribution in [3.63, 3.8) is 0 Å². The predicted octanol–water partition coefficient (Wildman–Crippen LogP) is -2.70. The second-order valence-corrected chi connectivity index (χ2v) is 8.20. The Morgan fingerprint density at radius 1 is 0.889 bits per heavy atom. The average molecular weight is 632 g/mol. The van der Waals surface area contributed by atoms with Crippen LogP contribution in [0.2, 0.25) is 0 Å². The molecule has 2 aromatic rings. The van der Waals surface area contributed by atoms with Crippen molar-refractivity contribution in [2.24, 2.45) is 0 Å². The normalized spacial score (nSPS) is 10.7. The van der Waals surface area contributed by atoms with Crippen molar-refractivity contribution in [3.8, 4) is 17.2 Å². The molecule has 2 rings (SSSR count). The van der Waals surface area contributed by atoms with Crippen LogP contribution in [0.1, 0.15) is 11.1 Å². The number of ether oxygens (including phenoxy) is 2. The zero-order valence-corrected chi connectivity index (χ0v) is 24.4. The maximum absolute atomic E-state index is 10.9. The summed E-state index contributed by atoms with van der Waals surface area (Å²) in [4.78, 5) is 21.7. The smallest absolute Gasteiger partial charge is 0.780 e. The zero-order valence-electron chi connectivity index (χ0n) is 15.2. The summed E-state index contributed by atoms with van der Waals surface area (Å²) in [5.74, 6) is 0.842. The Balaban J connectivity index is 0.00000338. The van der Waals surface area contributed by atoms with Crippen molar-refractivity contribution >= 4 is 65.2 Å². The number of rotatable bonds is 6. The summed E-state index contributed by atoms with van der Waals surface area (Å²) in [5, 5.41) is 0. The molecule has 0 radical (unpaired) electrons. The molecule has 0 saturated carbocycles. The molecule has 0 aliphatic heterocycles. The molecule has 0 aromatic heterocycles. The van der Waals surface area contributed by atoms with Crippen molar-refractivity contribution in [2.75, 3.05) is 14.2 Å². The summed E-state index contributed by atoms with van der Waals surface area (Å²) in [5.41, 5.74) is 1.61. The van der Waals surface area contributed by atoms with Crippen molar-refractivity contribution in [2.45, 2.75) is 0 Å². The molecule has 27 heavy (non-hydrogen) atoms. The van der Waals surface area contributed by atoms with Crippen LogP contribution in [0.4, 0.5) is 0 Å². The molecule has 0 atom stereocenters. The second kappa shape index (κ2) is 12.8. The van der Waals surface area contributed by atoms with E-state index < -0.39 is 7.82 Å². The first-order valence-corrected chi connectivity index (χ1v) is 10.5. The van der Waals surface area contributed by atoms with Gasteiger partial charge in [0.1, 0.15) is 13.6 Å². The van der Waals surface area contributed by atoms with E-state index in [1.165, 1.54) is 19.2 Å². The van der Waals surface area contributed by atoms with Crippen molar-refractivity contribution < 1.29 is 87.5 Å². The summed E-state index contributed by atoms with van der Waals surface area (Å²) in [6.45, 7) is 0. The van der Waals surface area contributed by atoms with E-state index in [9.17, 15) is 14.4 Å². The quantitative estimate of drug-likeness (QED) is 0.149. The maximum Gasteiger partial charge on any atom is 1.00 e. The summed E-state index contributed by atoms with van der Waals surface area (Å²) < 4.78 is 27.6. The average Bonchev–Trinajstić information content (AvgIpc) is 2.51. The Morgan fingerprint density at radius 2 is 1.44 bits per heavy atom. The van der Waals surface area contributed by atoms with Crippen LogP contribution >= 0.6 is 53.0 Å². The molecule has 134 valence electrons. The van der Waals surface area contributed by atoms with E-state index in [4.69, 9.17) is 9.47 Å². The largest absolute Gasteiger partial charge is 1.00 e. The van der Waals surface area contributed by atoms with Crippen LogP contribution in [-0.4, -0.2) is 14.2 Å². The van der Waals surface area contributed by atoms with Gasteiger partial charge in [0.05, 0.1) is 21.4 Å². The van der Waals surface area contributed by atoms with Gasteiger partial charge in [0.2, 0.25) is 0 Å². The number of phosphoric acid groups is 1. The Bertz CT molecular complexity index is 834. The van der Waals surface area contributed by atoms with Crippen LogP contribution in [0.3, 0.4) is 0 Å². The minimum Gasteiger partial charge on any atom is -0.780 e. The monoisotopic (exact) mass is 632 g/mol. The van der Waals surface area contributed by atoms with Crippen LogP contribution in [0.25, 0.3) is 12.2 Å². The van der Waals surface area contributed by atoms with Gasteiger partial charge in [-0.3, -0.25) is 0 Å².